The number of para-hydroxylation sites is 1. The smallest absolute Gasteiger partial charge is 0.209 e. The number of aliphatic hydroxyl groups is 1. The first-order valence-corrected chi connectivity index (χ1v) is 10.4. The van der Waals surface area contributed by atoms with E-state index in [1.807, 2.05) is 48.5 Å². The van der Waals surface area contributed by atoms with Gasteiger partial charge < -0.3 is 9.84 Å². The lowest BCUT2D eigenvalue weighted by Crippen LogP contribution is -1.93. The van der Waals surface area contributed by atoms with Gasteiger partial charge in [-0.15, -0.1) is 16.4 Å². The van der Waals surface area contributed by atoms with Gasteiger partial charge in [0, 0.05) is 5.56 Å². The molecule has 0 saturated heterocycles. The lowest BCUT2D eigenvalue weighted by molar-refractivity contribution is 0.415. The molecule has 0 fully saturated rings. The van der Waals surface area contributed by atoms with E-state index in [4.69, 9.17) is 4.74 Å². The van der Waals surface area contributed by atoms with Gasteiger partial charge in [-0.25, -0.2) is 9.97 Å². The Hall–Kier alpha value is -3.35. The summed E-state index contributed by atoms with van der Waals surface area (Å²) in [4.78, 5) is 8.87. The van der Waals surface area contributed by atoms with Crippen molar-refractivity contribution in [3.05, 3.63) is 59.3 Å². The number of nitriles is 1. The van der Waals surface area contributed by atoms with E-state index in [2.05, 4.69) is 26.2 Å². The number of methoxy groups -OCH3 is 1. The number of ether oxygens (including phenoxy) is 1. The van der Waals surface area contributed by atoms with Gasteiger partial charge in [-0.1, -0.05) is 23.9 Å². The molecule has 0 unspecified atom stereocenters. The number of aliphatic hydroxyl groups excluding tert-OH is 1. The first kappa shape index (κ1) is 19.0. The van der Waals surface area contributed by atoms with Gasteiger partial charge >= 0.3 is 0 Å². The molecule has 0 bridgehead atoms. The number of nitrogens with one attached hydrogen (secondary N) is 1. The molecule has 4 rings (SSSR count). The van der Waals surface area contributed by atoms with E-state index in [0.29, 0.717) is 16.0 Å². The molecule has 2 N–H and O–H groups in total. The Balaban J connectivity index is 1.50. The number of rotatable bonds is 6. The minimum absolute atomic E-state index is 0.0487. The molecule has 2 aromatic heterocycles. The number of benzene rings is 2. The van der Waals surface area contributed by atoms with Crippen LogP contribution in [0.5, 0.6) is 5.75 Å². The van der Waals surface area contributed by atoms with Crippen molar-refractivity contribution < 1.29 is 9.84 Å². The van der Waals surface area contributed by atoms with Gasteiger partial charge in [0.25, 0.3) is 0 Å². The summed E-state index contributed by atoms with van der Waals surface area (Å²) in [6.45, 7) is 0. The molecule has 0 atom stereocenters. The van der Waals surface area contributed by atoms with Crippen LogP contribution < -0.4 is 4.74 Å². The maximum Gasteiger partial charge on any atom is 0.209 e. The van der Waals surface area contributed by atoms with Crippen LogP contribution in [0.1, 0.15) is 5.01 Å². The standard InChI is InChI=1S/C20H15N5O2S2/c1-27-13-8-6-12(7-9-13)18-23-20(25-24-18)28-11-16(26)14(10-21)19-22-15-4-2-3-5-17(15)29-19/h2-9,26H,11H2,1H3,(H,23,24,25)/b16-14+. The molecule has 7 nitrogen and oxygen atoms in total. The third-order valence-electron chi connectivity index (χ3n) is 4.07. The van der Waals surface area contributed by atoms with Crippen molar-refractivity contribution in [3.63, 3.8) is 0 Å². The number of aromatic amines is 1. The fourth-order valence-corrected chi connectivity index (χ4v) is 4.27. The topological polar surface area (TPSA) is 108 Å². The minimum Gasteiger partial charge on any atom is -0.510 e. The van der Waals surface area contributed by atoms with Crippen molar-refractivity contribution in [2.45, 2.75) is 5.16 Å². The highest BCUT2D eigenvalue weighted by atomic mass is 32.2. The second kappa shape index (κ2) is 8.34. The van der Waals surface area contributed by atoms with Crippen molar-refractivity contribution >= 4 is 38.9 Å². The molecular formula is C20H15N5O2S2. The molecule has 0 aliphatic rings. The molecular weight excluding hydrogens is 406 g/mol. The fraction of sp³-hybridized carbons (Fsp3) is 0.100. The zero-order chi connectivity index (χ0) is 20.2. The van der Waals surface area contributed by atoms with E-state index in [-0.39, 0.29) is 17.1 Å². The molecule has 9 heteroatoms. The van der Waals surface area contributed by atoms with E-state index in [9.17, 15) is 10.4 Å². The number of nitrogens with zero attached hydrogens (tertiary/aromatic N) is 4. The van der Waals surface area contributed by atoms with Gasteiger partial charge in [-0.2, -0.15) is 5.26 Å². The first-order valence-electron chi connectivity index (χ1n) is 8.55. The molecule has 0 spiro atoms. The second-order valence-electron chi connectivity index (χ2n) is 5.90. The van der Waals surface area contributed by atoms with E-state index in [1.54, 1.807) is 7.11 Å². The quantitative estimate of drug-likeness (QED) is 0.264. The van der Waals surface area contributed by atoms with Crippen LogP contribution in [0.25, 0.3) is 27.2 Å². The highest BCUT2D eigenvalue weighted by Gasteiger charge is 2.15. The predicted octanol–water partition coefficient (Wildman–Crippen LogP) is 4.67. The van der Waals surface area contributed by atoms with E-state index in [0.717, 1.165) is 21.5 Å². The van der Waals surface area contributed by atoms with E-state index >= 15 is 0 Å². The lowest BCUT2D eigenvalue weighted by Gasteiger charge is -2.00. The van der Waals surface area contributed by atoms with Gasteiger partial charge in [0.1, 0.15) is 28.2 Å². The Kier molecular flexibility index (Phi) is 5.46. The van der Waals surface area contributed by atoms with E-state index in [1.165, 1.54) is 23.1 Å². The van der Waals surface area contributed by atoms with Crippen LogP contribution in [0.2, 0.25) is 0 Å². The average molecular weight is 422 g/mol. The highest BCUT2D eigenvalue weighted by Crippen LogP contribution is 2.30. The fourth-order valence-electron chi connectivity index (χ4n) is 2.61. The summed E-state index contributed by atoms with van der Waals surface area (Å²) in [5.74, 6) is 1.49. The third-order valence-corrected chi connectivity index (χ3v) is 5.99. The van der Waals surface area contributed by atoms with Crippen LogP contribution in [-0.4, -0.2) is 38.1 Å². The van der Waals surface area contributed by atoms with E-state index < -0.39 is 0 Å². The summed E-state index contributed by atoms with van der Waals surface area (Å²) in [5.41, 5.74) is 1.85. The SMILES string of the molecule is COc1ccc(-c2nc(SC/C(O)=C(/C#N)c3nc4ccccc4s3)n[nH]2)cc1. The second-order valence-corrected chi connectivity index (χ2v) is 7.88. The van der Waals surface area contributed by atoms with Crippen LogP contribution >= 0.6 is 23.1 Å². The number of aromatic nitrogens is 4. The molecule has 0 saturated carbocycles. The Morgan fingerprint density at radius 1 is 1.21 bits per heavy atom. The normalized spacial score (nSPS) is 11.9. The highest BCUT2D eigenvalue weighted by molar-refractivity contribution is 7.99. The third kappa shape index (κ3) is 4.08. The predicted molar refractivity (Wildman–Crippen MR) is 114 cm³/mol. The van der Waals surface area contributed by atoms with Crippen LogP contribution in [0, 0.1) is 11.3 Å². The van der Waals surface area contributed by atoms with Crippen molar-refractivity contribution in [1.29, 1.82) is 5.26 Å². The number of fused-ring (bicyclic) bond motifs is 1. The zero-order valence-corrected chi connectivity index (χ0v) is 16.9. The van der Waals surface area contributed by atoms with Crippen molar-refractivity contribution in [1.82, 2.24) is 20.2 Å². The van der Waals surface area contributed by atoms with Crippen LogP contribution in [0.4, 0.5) is 0 Å². The number of hydrogen-bond acceptors (Lipinski definition) is 8. The number of thiazole rings is 1. The summed E-state index contributed by atoms with van der Waals surface area (Å²) in [6, 6.07) is 17.1. The molecule has 0 amide bonds. The lowest BCUT2D eigenvalue weighted by atomic mass is 10.2. The molecule has 0 radical (unpaired) electrons. The van der Waals surface area contributed by atoms with Crippen LogP contribution in [0.15, 0.2) is 59.4 Å². The van der Waals surface area contributed by atoms with Gasteiger partial charge in [0.2, 0.25) is 5.16 Å². The molecule has 29 heavy (non-hydrogen) atoms. The molecule has 4 aromatic rings. The molecule has 2 heterocycles. The van der Waals surface area contributed by atoms with Gasteiger partial charge in [0.05, 0.1) is 23.1 Å². The Labute approximate surface area is 174 Å². The summed E-state index contributed by atoms with van der Waals surface area (Å²) >= 11 is 2.61. The summed E-state index contributed by atoms with van der Waals surface area (Å²) in [6.07, 6.45) is 0. The van der Waals surface area contributed by atoms with Gasteiger partial charge in [-0.3, -0.25) is 5.10 Å². The summed E-state index contributed by atoms with van der Waals surface area (Å²) in [5, 5.41) is 28.0. The largest absolute Gasteiger partial charge is 0.510 e. The Morgan fingerprint density at radius 3 is 2.72 bits per heavy atom. The number of allylic oxidation sites excluding steroid dienone is 1. The van der Waals surface area contributed by atoms with Crippen LogP contribution in [0.3, 0.4) is 0 Å². The Bertz CT molecular complexity index is 1190. The van der Waals surface area contributed by atoms with Crippen molar-refractivity contribution in [3.8, 4) is 23.2 Å². The maximum absolute atomic E-state index is 10.5. The number of thioether (sulfide) groups is 1. The molecule has 2 aromatic carbocycles. The number of hydrogen-bond donors (Lipinski definition) is 2. The van der Waals surface area contributed by atoms with Crippen molar-refractivity contribution in [2.75, 3.05) is 12.9 Å². The summed E-state index contributed by atoms with van der Waals surface area (Å²) < 4.78 is 6.12. The summed E-state index contributed by atoms with van der Waals surface area (Å²) in [7, 11) is 1.61. The number of H-pyrrole nitrogens is 1. The first-order chi connectivity index (χ1) is 14.2. The molecule has 0 aliphatic carbocycles. The Morgan fingerprint density at radius 2 is 2.00 bits per heavy atom. The van der Waals surface area contributed by atoms with Crippen molar-refractivity contribution in [2.24, 2.45) is 0 Å². The molecule has 144 valence electrons. The zero-order valence-electron chi connectivity index (χ0n) is 15.3. The van der Waals surface area contributed by atoms with Gasteiger partial charge in [0.15, 0.2) is 5.82 Å². The average Bonchev–Trinajstić information content (AvgIpc) is 3.40. The minimum atomic E-state index is -0.0487. The van der Waals surface area contributed by atoms with Crippen LogP contribution in [-0.2, 0) is 0 Å². The maximum atomic E-state index is 10.5. The monoisotopic (exact) mass is 421 g/mol. The molecule has 0 aliphatic heterocycles. The van der Waals surface area contributed by atoms with Gasteiger partial charge in [-0.05, 0) is 36.4 Å².